The molecule has 76 valence electrons. The summed E-state index contributed by atoms with van der Waals surface area (Å²) in [5.41, 5.74) is 3.84. The van der Waals surface area contributed by atoms with Crippen molar-refractivity contribution >= 4 is 11.9 Å². The normalized spacial score (nSPS) is 12.0. The Kier molecular flexibility index (Phi) is 3.11. The number of nitrogens with zero attached hydrogens (tertiary/aromatic N) is 1. The molecule has 0 aliphatic carbocycles. The van der Waals surface area contributed by atoms with Crippen LogP contribution in [-0.4, -0.2) is 12.4 Å². The molecule has 0 atom stereocenters. The fourth-order valence-corrected chi connectivity index (χ4v) is 0.808. The molecule has 1 rings (SSSR count). The Morgan fingerprint density at radius 3 is 2.29 bits per heavy atom. The zero-order valence-electron chi connectivity index (χ0n) is 7.47. The van der Waals surface area contributed by atoms with Crippen LogP contribution in [0.25, 0.3) is 0 Å². The van der Waals surface area contributed by atoms with Crippen LogP contribution < -0.4 is 5.43 Å². The lowest BCUT2D eigenvalue weighted by molar-refractivity contribution is -0.0536. The molecule has 0 saturated carbocycles. The summed E-state index contributed by atoms with van der Waals surface area (Å²) < 4.78 is 34.9. The Labute approximate surface area is 79.4 Å². The maximum Gasteiger partial charge on any atom is 0.428 e. The molecule has 0 saturated heterocycles. The Balaban J connectivity index is 2.54. The molecule has 1 aromatic rings. The molecule has 0 amide bonds. The van der Waals surface area contributed by atoms with E-state index in [9.17, 15) is 13.2 Å². The smallest absolute Gasteiger partial charge is 0.279 e. The first-order chi connectivity index (χ1) is 6.47. The van der Waals surface area contributed by atoms with Gasteiger partial charge in [-0.1, -0.05) is 17.7 Å². The van der Waals surface area contributed by atoms with Crippen molar-refractivity contribution in [1.82, 2.24) is 0 Å². The molecular weight excluding hydrogens is 193 g/mol. The van der Waals surface area contributed by atoms with Gasteiger partial charge >= 0.3 is 6.18 Å². The summed E-state index contributed by atoms with van der Waals surface area (Å²) in [5, 5.41) is 3.04. The van der Waals surface area contributed by atoms with Gasteiger partial charge in [-0.15, -0.1) is 0 Å². The highest BCUT2D eigenvalue weighted by Gasteiger charge is 2.23. The quantitative estimate of drug-likeness (QED) is 0.578. The highest BCUT2D eigenvalue weighted by molar-refractivity contribution is 5.65. The van der Waals surface area contributed by atoms with E-state index in [0.29, 0.717) is 5.69 Å². The molecule has 0 spiro atoms. The van der Waals surface area contributed by atoms with E-state index in [1.165, 1.54) is 0 Å². The number of benzene rings is 1. The van der Waals surface area contributed by atoms with E-state index in [4.69, 9.17) is 0 Å². The molecule has 0 radical (unpaired) electrons. The second-order valence-corrected chi connectivity index (χ2v) is 2.78. The number of halogens is 3. The molecule has 2 nitrogen and oxygen atoms in total. The lowest BCUT2D eigenvalue weighted by Crippen LogP contribution is -2.09. The third-order valence-corrected chi connectivity index (χ3v) is 1.46. The summed E-state index contributed by atoms with van der Waals surface area (Å²) in [7, 11) is 0. The Bertz CT molecular complexity index is 314. The minimum Gasteiger partial charge on any atom is -0.279 e. The van der Waals surface area contributed by atoms with Crippen molar-refractivity contribution in [2.75, 3.05) is 5.43 Å². The van der Waals surface area contributed by atoms with Gasteiger partial charge in [0.05, 0.1) is 5.69 Å². The number of rotatable bonds is 2. The lowest BCUT2D eigenvalue weighted by Gasteiger charge is -2.01. The number of hydrogen-bond acceptors (Lipinski definition) is 2. The standard InChI is InChI=1S/C9H9F3N2/c1-7-2-4-8(5-3-7)14-13-6-9(10,11)12/h2-6,14H,1H3. The first-order valence-corrected chi connectivity index (χ1v) is 3.91. The van der Waals surface area contributed by atoms with Crippen LogP contribution in [0, 0.1) is 6.92 Å². The minimum absolute atomic E-state index is 0.0904. The molecule has 0 bridgehead atoms. The Hall–Kier alpha value is -1.52. The van der Waals surface area contributed by atoms with Crippen molar-refractivity contribution in [2.45, 2.75) is 13.1 Å². The molecule has 0 fully saturated rings. The number of hydrogen-bond donors (Lipinski definition) is 1. The molecule has 0 aromatic heterocycles. The Morgan fingerprint density at radius 2 is 1.79 bits per heavy atom. The van der Waals surface area contributed by atoms with Gasteiger partial charge in [-0.25, -0.2) is 0 Å². The molecule has 0 aliphatic heterocycles. The van der Waals surface area contributed by atoms with E-state index < -0.39 is 6.18 Å². The first kappa shape index (κ1) is 10.6. The molecule has 1 N–H and O–H groups in total. The number of hydrazone groups is 1. The number of aryl methyl sites for hydroxylation is 1. The van der Waals surface area contributed by atoms with Gasteiger partial charge in [-0.05, 0) is 19.1 Å². The van der Waals surface area contributed by atoms with Gasteiger partial charge < -0.3 is 0 Å². The van der Waals surface area contributed by atoms with E-state index >= 15 is 0 Å². The molecular formula is C9H9F3N2. The SMILES string of the molecule is Cc1ccc(NN=CC(F)(F)F)cc1. The third kappa shape index (κ3) is 3.93. The van der Waals surface area contributed by atoms with Crippen molar-refractivity contribution in [3.63, 3.8) is 0 Å². The second kappa shape index (κ2) is 4.13. The van der Waals surface area contributed by atoms with Crippen molar-refractivity contribution in [3.8, 4) is 0 Å². The molecule has 14 heavy (non-hydrogen) atoms. The predicted molar refractivity (Wildman–Crippen MR) is 49.3 cm³/mol. The van der Waals surface area contributed by atoms with E-state index in [-0.39, 0.29) is 6.21 Å². The van der Waals surface area contributed by atoms with Gasteiger partial charge in [0.15, 0.2) is 0 Å². The van der Waals surface area contributed by atoms with Crippen LogP contribution in [0.15, 0.2) is 29.4 Å². The van der Waals surface area contributed by atoms with Gasteiger partial charge in [0, 0.05) is 0 Å². The van der Waals surface area contributed by atoms with Crippen LogP contribution in [0.3, 0.4) is 0 Å². The maximum atomic E-state index is 11.6. The van der Waals surface area contributed by atoms with E-state index in [1.54, 1.807) is 24.3 Å². The number of nitrogens with one attached hydrogen (secondary N) is 1. The van der Waals surface area contributed by atoms with Gasteiger partial charge in [0.25, 0.3) is 0 Å². The Morgan fingerprint density at radius 1 is 1.21 bits per heavy atom. The summed E-state index contributed by atoms with van der Waals surface area (Å²) in [4.78, 5) is 0. The summed E-state index contributed by atoms with van der Waals surface area (Å²) in [5.74, 6) is 0. The predicted octanol–water partition coefficient (Wildman–Crippen LogP) is 2.96. The molecule has 0 heterocycles. The van der Waals surface area contributed by atoms with Crippen LogP contribution in [-0.2, 0) is 0 Å². The van der Waals surface area contributed by atoms with Gasteiger partial charge in [0.2, 0.25) is 0 Å². The summed E-state index contributed by atoms with van der Waals surface area (Å²) in [6, 6.07) is 6.88. The summed E-state index contributed by atoms with van der Waals surface area (Å²) in [6.45, 7) is 1.89. The monoisotopic (exact) mass is 202 g/mol. The fourth-order valence-electron chi connectivity index (χ4n) is 0.808. The minimum atomic E-state index is -4.38. The lowest BCUT2D eigenvalue weighted by atomic mass is 10.2. The van der Waals surface area contributed by atoms with Crippen LogP contribution in [0.1, 0.15) is 5.56 Å². The van der Waals surface area contributed by atoms with Crippen molar-refractivity contribution in [3.05, 3.63) is 29.8 Å². The second-order valence-electron chi connectivity index (χ2n) is 2.78. The van der Waals surface area contributed by atoms with Crippen LogP contribution in [0.2, 0.25) is 0 Å². The van der Waals surface area contributed by atoms with E-state index in [0.717, 1.165) is 5.56 Å². The van der Waals surface area contributed by atoms with E-state index in [1.807, 2.05) is 6.92 Å². The van der Waals surface area contributed by atoms with Gasteiger partial charge in [0.1, 0.15) is 6.21 Å². The molecule has 0 unspecified atom stereocenters. The summed E-state index contributed by atoms with van der Waals surface area (Å²) >= 11 is 0. The van der Waals surface area contributed by atoms with Gasteiger partial charge in [-0.3, -0.25) is 5.43 Å². The fraction of sp³-hybridized carbons (Fsp3) is 0.222. The highest BCUT2D eigenvalue weighted by Crippen LogP contribution is 2.12. The molecule has 1 aromatic carbocycles. The van der Waals surface area contributed by atoms with Crippen LogP contribution >= 0.6 is 0 Å². The van der Waals surface area contributed by atoms with Crippen LogP contribution in [0.4, 0.5) is 18.9 Å². The topological polar surface area (TPSA) is 24.4 Å². The number of anilines is 1. The largest absolute Gasteiger partial charge is 0.428 e. The van der Waals surface area contributed by atoms with Crippen LogP contribution in [0.5, 0.6) is 0 Å². The third-order valence-electron chi connectivity index (χ3n) is 1.46. The molecule has 5 heteroatoms. The van der Waals surface area contributed by atoms with Crippen molar-refractivity contribution in [1.29, 1.82) is 0 Å². The van der Waals surface area contributed by atoms with Gasteiger partial charge in [-0.2, -0.15) is 18.3 Å². The zero-order valence-corrected chi connectivity index (χ0v) is 7.47. The van der Waals surface area contributed by atoms with E-state index in [2.05, 4.69) is 10.5 Å². The summed E-state index contributed by atoms with van der Waals surface area (Å²) in [6.07, 6.45) is -4.47. The maximum absolute atomic E-state index is 11.6. The van der Waals surface area contributed by atoms with Crippen molar-refractivity contribution in [2.24, 2.45) is 5.10 Å². The average molecular weight is 202 g/mol. The molecule has 0 aliphatic rings. The zero-order chi connectivity index (χ0) is 10.6. The first-order valence-electron chi connectivity index (χ1n) is 3.91. The highest BCUT2D eigenvalue weighted by atomic mass is 19.4. The average Bonchev–Trinajstić information content (AvgIpc) is 2.06. The van der Waals surface area contributed by atoms with Crippen molar-refractivity contribution < 1.29 is 13.2 Å². The number of alkyl halides is 3.